The Morgan fingerprint density at radius 2 is 1.49 bits per heavy atom. The van der Waals surface area contributed by atoms with Crippen molar-refractivity contribution in [1.82, 2.24) is 5.43 Å². The summed E-state index contributed by atoms with van der Waals surface area (Å²) in [5.74, 6) is 1.18. The average Bonchev–Trinajstić information content (AvgIpc) is 3.04. The largest absolute Gasteiger partial charge is 0.493 e. The quantitative estimate of drug-likeness (QED) is 0.159. The molecule has 43 heavy (non-hydrogen) atoms. The zero-order valence-electron chi connectivity index (χ0n) is 24.1. The Bertz CT molecular complexity index is 1650. The molecule has 0 saturated heterocycles. The summed E-state index contributed by atoms with van der Waals surface area (Å²) in [6, 6.07) is 27.5. The van der Waals surface area contributed by atoms with Crippen LogP contribution in [0.15, 0.2) is 107 Å². The third-order valence-corrected chi connectivity index (χ3v) is 7.97. The molecular formula is C32H33N3O7S. The minimum absolute atomic E-state index is 0.0270. The fourth-order valence-electron chi connectivity index (χ4n) is 4.09. The van der Waals surface area contributed by atoms with Crippen molar-refractivity contribution in [3.05, 3.63) is 108 Å². The predicted molar refractivity (Wildman–Crippen MR) is 165 cm³/mol. The van der Waals surface area contributed by atoms with Crippen molar-refractivity contribution in [3.8, 4) is 23.0 Å². The van der Waals surface area contributed by atoms with Gasteiger partial charge in [-0.15, -0.1) is 0 Å². The SMILES string of the molecule is CCOc1cc(/C=N\NC(=O)CN(c2ccc(OC)c(OC)c2)S(=O)(=O)c2ccccc2)ccc1OCc1ccccc1. The summed E-state index contributed by atoms with van der Waals surface area (Å²) in [7, 11) is -1.20. The molecule has 1 amide bonds. The topological polar surface area (TPSA) is 116 Å². The van der Waals surface area contributed by atoms with Gasteiger partial charge in [0.05, 0.1) is 37.6 Å². The van der Waals surface area contributed by atoms with Crippen molar-refractivity contribution in [2.75, 3.05) is 31.7 Å². The number of nitrogens with one attached hydrogen (secondary N) is 1. The van der Waals surface area contributed by atoms with E-state index in [1.807, 2.05) is 37.3 Å². The molecule has 0 radical (unpaired) electrons. The molecule has 0 fully saturated rings. The Labute approximate surface area is 251 Å². The second kappa shape index (κ2) is 14.7. The second-order valence-corrected chi connectivity index (χ2v) is 10.9. The number of carbonyl (C=O) groups excluding carboxylic acids is 1. The second-order valence-electron chi connectivity index (χ2n) is 9.07. The van der Waals surface area contributed by atoms with Gasteiger partial charge in [-0.3, -0.25) is 9.10 Å². The van der Waals surface area contributed by atoms with Gasteiger partial charge in [0.15, 0.2) is 23.0 Å². The molecule has 1 N–H and O–H groups in total. The third kappa shape index (κ3) is 8.04. The number of nitrogens with zero attached hydrogens (tertiary/aromatic N) is 2. The molecule has 0 aliphatic heterocycles. The summed E-state index contributed by atoms with van der Waals surface area (Å²) in [5, 5.41) is 4.04. The summed E-state index contributed by atoms with van der Waals surface area (Å²) in [4.78, 5) is 13.0. The maximum Gasteiger partial charge on any atom is 0.264 e. The number of hydrogen-bond donors (Lipinski definition) is 1. The lowest BCUT2D eigenvalue weighted by Crippen LogP contribution is -2.39. The van der Waals surface area contributed by atoms with Crippen LogP contribution in [-0.2, 0) is 21.4 Å². The lowest BCUT2D eigenvalue weighted by Gasteiger charge is -2.24. The Kier molecular flexibility index (Phi) is 10.6. The van der Waals surface area contributed by atoms with Crippen LogP contribution in [0.2, 0.25) is 0 Å². The number of ether oxygens (including phenoxy) is 4. The highest BCUT2D eigenvalue weighted by Crippen LogP contribution is 2.34. The summed E-state index contributed by atoms with van der Waals surface area (Å²) in [6.45, 7) is 2.14. The molecule has 4 aromatic rings. The Hall–Kier alpha value is -5.03. The van der Waals surface area contributed by atoms with Gasteiger partial charge in [0.1, 0.15) is 13.2 Å². The summed E-state index contributed by atoms with van der Waals surface area (Å²) >= 11 is 0. The van der Waals surface area contributed by atoms with Gasteiger partial charge in [-0.25, -0.2) is 13.8 Å². The number of rotatable bonds is 14. The molecular weight excluding hydrogens is 570 g/mol. The lowest BCUT2D eigenvalue weighted by molar-refractivity contribution is -0.119. The van der Waals surface area contributed by atoms with Gasteiger partial charge >= 0.3 is 0 Å². The number of benzene rings is 4. The van der Waals surface area contributed by atoms with Gasteiger partial charge in [0.2, 0.25) is 0 Å². The van der Waals surface area contributed by atoms with Gasteiger partial charge in [0, 0.05) is 6.07 Å². The summed E-state index contributed by atoms with van der Waals surface area (Å²) < 4.78 is 50.5. The van der Waals surface area contributed by atoms with Crippen LogP contribution in [0.1, 0.15) is 18.1 Å². The monoisotopic (exact) mass is 603 g/mol. The zero-order chi connectivity index (χ0) is 30.7. The molecule has 224 valence electrons. The van der Waals surface area contributed by atoms with Gasteiger partial charge in [0.25, 0.3) is 15.9 Å². The maximum atomic E-state index is 13.6. The number of methoxy groups -OCH3 is 2. The number of anilines is 1. The van der Waals surface area contributed by atoms with Crippen LogP contribution < -0.4 is 28.7 Å². The number of hydrazone groups is 1. The smallest absolute Gasteiger partial charge is 0.264 e. The van der Waals surface area contributed by atoms with Crippen LogP contribution in [0, 0.1) is 0 Å². The van der Waals surface area contributed by atoms with Gasteiger partial charge in [-0.1, -0.05) is 48.5 Å². The van der Waals surface area contributed by atoms with E-state index in [0.29, 0.717) is 41.8 Å². The number of hydrogen-bond acceptors (Lipinski definition) is 8. The van der Waals surface area contributed by atoms with E-state index in [0.717, 1.165) is 9.87 Å². The van der Waals surface area contributed by atoms with E-state index in [4.69, 9.17) is 18.9 Å². The van der Waals surface area contributed by atoms with Crippen molar-refractivity contribution in [2.45, 2.75) is 18.4 Å². The number of sulfonamides is 1. The molecule has 0 unspecified atom stereocenters. The predicted octanol–water partition coefficient (Wildman–Crippen LogP) is 5.03. The molecule has 11 heteroatoms. The van der Waals surface area contributed by atoms with Crippen LogP contribution >= 0.6 is 0 Å². The third-order valence-electron chi connectivity index (χ3n) is 6.18. The zero-order valence-corrected chi connectivity index (χ0v) is 24.9. The van der Waals surface area contributed by atoms with E-state index < -0.39 is 22.5 Å². The first-order valence-corrected chi connectivity index (χ1v) is 14.8. The van der Waals surface area contributed by atoms with Crippen molar-refractivity contribution in [3.63, 3.8) is 0 Å². The standard InChI is InChI=1S/C32H33N3O7S/c1-4-41-31-19-25(15-17-29(31)42-23-24-11-7-5-8-12-24)21-33-34-32(36)22-35(43(37,38)27-13-9-6-10-14-27)26-16-18-28(39-2)30(20-26)40-3/h5-21H,4,22-23H2,1-3H3,(H,34,36)/b33-21-. The van der Waals surface area contributed by atoms with Crippen LogP contribution in [0.4, 0.5) is 5.69 Å². The molecule has 4 rings (SSSR count). The van der Waals surface area contributed by atoms with Crippen molar-refractivity contribution in [2.24, 2.45) is 5.10 Å². The lowest BCUT2D eigenvalue weighted by atomic mass is 10.2. The summed E-state index contributed by atoms with van der Waals surface area (Å²) in [5.41, 5.74) is 4.30. The van der Waals surface area contributed by atoms with Crippen LogP contribution in [0.5, 0.6) is 23.0 Å². The van der Waals surface area contributed by atoms with E-state index in [1.54, 1.807) is 42.5 Å². The van der Waals surface area contributed by atoms with Gasteiger partial charge in [-0.2, -0.15) is 5.10 Å². The van der Waals surface area contributed by atoms with E-state index in [9.17, 15) is 13.2 Å². The van der Waals surface area contributed by atoms with Crippen molar-refractivity contribution >= 4 is 27.8 Å². The van der Waals surface area contributed by atoms with Crippen molar-refractivity contribution < 1.29 is 32.2 Å². The molecule has 10 nitrogen and oxygen atoms in total. The highest BCUT2D eigenvalue weighted by Gasteiger charge is 2.28. The molecule has 0 saturated carbocycles. The molecule has 0 bridgehead atoms. The highest BCUT2D eigenvalue weighted by molar-refractivity contribution is 7.92. The first-order valence-electron chi connectivity index (χ1n) is 13.4. The number of amides is 1. The fourth-order valence-corrected chi connectivity index (χ4v) is 5.52. The molecule has 4 aromatic carbocycles. The highest BCUT2D eigenvalue weighted by atomic mass is 32.2. The van der Waals surface area contributed by atoms with Gasteiger partial charge in [-0.05, 0) is 60.5 Å². The molecule has 0 atom stereocenters. The Balaban J connectivity index is 1.50. The minimum atomic E-state index is -4.12. The molecule has 0 aliphatic carbocycles. The Morgan fingerprint density at radius 3 is 2.16 bits per heavy atom. The summed E-state index contributed by atoms with van der Waals surface area (Å²) in [6.07, 6.45) is 1.44. The van der Waals surface area contributed by atoms with E-state index in [1.165, 1.54) is 44.7 Å². The minimum Gasteiger partial charge on any atom is -0.493 e. The molecule has 0 aromatic heterocycles. The van der Waals surface area contributed by atoms with Crippen molar-refractivity contribution in [1.29, 1.82) is 0 Å². The number of carbonyl (C=O) groups is 1. The van der Waals surface area contributed by atoms with Crippen LogP contribution in [-0.4, -0.2) is 47.9 Å². The molecule has 0 aliphatic rings. The molecule has 0 heterocycles. The van der Waals surface area contributed by atoms with Gasteiger partial charge < -0.3 is 18.9 Å². The van der Waals surface area contributed by atoms with Crippen LogP contribution in [0.3, 0.4) is 0 Å². The first kappa shape index (κ1) is 30.9. The fraction of sp³-hybridized carbons (Fsp3) is 0.188. The molecule has 0 spiro atoms. The van der Waals surface area contributed by atoms with Crippen LogP contribution in [0.25, 0.3) is 0 Å². The van der Waals surface area contributed by atoms with E-state index >= 15 is 0 Å². The van der Waals surface area contributed by atoms with E-state index in [2.05, 4.69) is 10.5 Å². The first-order chi connectivity index (χ1) is 20.8. The normalized spacial score (nSPS) is 11.1. The maximum absolute atomic E-state index is 13.6. The van der Waals surface area contributed by atoms with E-state index in [-0.39, 0.29) is 10.6 Å². The average molecular weight is 604 g/mol. The Morgan fingerprint density at radius 1 is 0.814 bits per heavy atom.